The van der Waals surface area contributed by atoms with Gasteiger partial charge in [-0.05, 0) is 48.0 Å². The number of nitrogens with zero attached hydrogens (tertiary/aromatic N) is 2. The minimum absolute atomic E-state index is 0.223. The SMILES string of the molecule is [B]C(O[C@](C)(CC)COP(OCC[N+]#[C-])N(C(C)C)C(C)C)[C@H](C)F. The molecule has 8 heteroatoms. The maximum atomic E-state index is 13.4. The lowest BCUT2D eigenvalue weighted by Crippen LogP contribution is -2.41. The standard InChI is InChI=1S/C17H33BFN2O3P/c1-9-17(7,24-16(18)15(6)19)12-23-25(22-11-10-20-8)21(13(2)3)14(4)5/h13-16H,9-12H2,1-7H3/t15-,16?,17+,25?/m0/s1. The van der Waals surface area contributed by atoms with Gasteiger partial charge in [-0.1, -0.05) is 6.92 Å². The summed E-state index contributed by atoms with van der Waals surface area (Å²) < 4.78 is 33.1. The van der Waals surface area contributed by atoms with E-state index in [1.54, 1.807) is 0 Å². The van der Waals surface area contributed by atoms with Crippen LogP contribution in [-0.2, 0) is 13.8 Å². The third-order valence-corrected chi connectivity index (χ3v) is 5.81. The molecular formula is C17H33BFN2O3P. The Morgan fingerprint density at radius 3 is 2.16 bits per heavy atom. The number of hydrogen-bond acceptors (Lipinski definition) is 4. The number of rotatable bonds is 13. The van der Waals surface area contributed by atoms with E-state index in [2.05, 4.69) is 37.2 Å². The summed E-state index contributed by atoms with van der Waals surface area (Å²) in [6.07, 6.45) is -0.632. The van der Waals surface area contributed by atoms with Crippen LogP contribution in [0.2, 0.25) is 0 Å². The van der Waals surface area contributed by atoms with Crippen molar-refractivity contribution in [1.29, 1.82) is 0 Å². The minimum Gasteiger partial charge on any atom is -0.376 e. The predicted octanol–water partition coefficient (Wildman–Crippen LogP) is 4.32. The van der Waals surface area contributed by atoms with Crippen molar-refractivity contribution in [1.82, 2.24) is 4.67 Å². The quantitative estimate of drug-likeness (QED) is 0.208. The van der Waals surface area contributed by atoms with Crippen LogP contribution in [0.4, 0.5) is 4.39 Å². The highest BCUT2D eigenvalue weighted by molar-refractivity contribution is 7.44. The molecule has 25 heavy (non-hydrogen) atoms. The third kappa shape index (κ3) is 9.31. The molecule has 2 unspecified atom stereocenters. The zero-order valence-electron chi connectivity index (χ0n) is 16.7. The highest BCUT2D eigenvalue weighted by Crippen LogP contribution is 2.46. The van der Waals surface area contributed by atoms with E-state index >= 15 is 0 Å². The molecular weight excluding hydrogens is 341 g/mol. The van der Waals surface area contributed by atoms with Gasteiger partial charge < -0.3 is 18.6 Å². The van der Waals surface area contributed by atoms with Gasteiger partial charge in [-0.25, -0.2) is 15.6 Å². The van der Waals surface area contributed by atoms with Crippen LogP contribution in [-0.4, -0.2) is 62.1 Å². The smallest absolute Gasteiger partial charge is 0.259 e. The van der Waals surface area contributed by atoms with Crippen LogP contribution in [0.5, 0.6) is 0 Å². The zero-order valence-corrected chi connectivity index (χ0v) is 17.6. The van der Waals surface area contributed by atoms with E-state index in [-0.39, 0.29) is 25.2 Å². The highest BCUT2D eigenvalue weighted by atomic mass is 31.2. The minimum atomic E-state index is -1.35. The molecule has 0 saturated carbocycles. The Hall–Kier alpha value is -0.245. The molecule has 0 heterocycles. The van der Waals surface area contributed by atoms with E-state index in [1.165, 1.54) is 6.92 Å². The molecule has 2 radical (unpaired) electrons. The van der Waals surface area contributed by atoms with Crippen molar-refractivity contribution in [3.63, 3.8) is 0 Å². The number of halogens is 1. The summed E-state index contributed by atoms with van der Waals surface area (Å²) in [5, 5.41) is 0. The van der Waals surface area contributed by atoms with Crippen LogP contribution >= 0.6 is 8.53 Å². The van der Waals surface area contributed by atoms with Gasteiger partial charge in [-0.3, -0.25) is 0 Å². The topological polar surface area (TPSA) is 35.3 Å². The Bertz CT molecular complexity index is 402. The van der Waals surface area contributed by atoms with E-state index < -0.39 is 26.3 Å². The molecule has 0 aliphatic rings. The lowest BCUT2D eigenvalue weighted by Gasteiger charge is -2.38. The van der Waals surface area contributed by atoms with Crippen LogP contribution in [0, 0.1) is 6.57 Å². The normalized spacial score (nSPS) is 18.2. The number of hydrogen-bond donors (Lipinski definition) is 0. The summed E-state index contributed by atoms with van der Waals surface area (Å²) in [6.45, 7) is 21.2. The van der Waals surface area contributed by atoms with Crippen LogP contribution in [0.25, 0.3) is 4.85 Å². The molecule has 0 aromatic rings. The van der Waals surface area contributed by atoms with Crippen LogP contribution in [0.1, 0.15) is 54.9 Å². The molecule has 0 aromatic heterocycles. The molecule has 0 fully saturated rings. The van der Waals surface area contributed by atoms with Gasteiger partial charge in [-0.2, -0.15) is 0 Å². The summed E-state index contributed by atoms with van der Waals surface area (Å²) in [7, 11) is 4.37. The molecule has 0 spiro atoms. The Morgan fingerprint density at radius 2 is 1.76 bits per heavy atom. The lowest BCUT2D eigenvalue weighted by molar-refractivity contribution is -0.0970. The Kier molecular flexibility index (Phi) is 12.1. The molecule has 144 valence electrons. The first kappa shape index (κ1) is 24.8. The summed E-state index contributed by atoms with van der Waals surface area (Å²) in [5.74, 6) is 0. The van der Waals surface area contributed by atoms with Crippen LogP contribution < -0.4 is 0 Å². The van der Waals surface area contributed by atoms with Crippen molar-refractivity contribution in [2.45, 2.75) is 84.7 Å². The lowest BCUT2D eigenvalue weighted by atomic mass is 9.94. The van der Waals surface area contributed by atoms with Gasteiger partial charge in [0.05, 0.1) is 12.2 Å². The molecule has 0 aliphatic carbocycles. The molecule has 0 amide bonds. The second-order valence-electron chi connectivity index (χ2n) is 6.86. The van der Waals surface area contributed by atoms with Gasteiger partial charge in [0.1, 0.15) is 20.6 Å². The van der Waals surface area contributed by atoms with Gasteiger partial charge in [0.25, 0.3) is 8.53 Å². The van der Waals surface area contributed by atoms with E-state index in [0.717, 1.165) is 0 Å². The average Bonchev–Trinajstić information content (AvgIpc) is 2.51. The Morgan fingerprint density at radius 1 is 1.20 bits per heavy atom. The first-order chi connectivity index (χ1) is 11.6. The largest absolute Gasteiger partial charge is 0.376 e. The van der Waals surface area contributed by atoms with Gasteiger partial charge >= 0.3 is 0 Å². The van der Waals surface area contributed by atoms with Crippen molar-refractivity contribution in [3.05, 3.63) is 11.4 Å². The first-order valence-corrected chi connectivity index (χ1v) is 9.95. The molecule has 4 atom stereocenters. The van der Waals surface area contributed by atoms with E-state index in [9.17, 15) is 4.39 Å². The molecule has 0 bridgehead atoms. The maximum absolute atomic E-state index is 13.4. The summed E-state index contributed by atoms with van der Waals surface area (Å²) in [4.78, 5) is 3.32. The molecule has 0 rings (SSSR count). The van der Waals surface area contributed by atoms with Gasteiger partial charge in [0.15, 0.2) is 0 Å². The average molecular weight is 374 g/mol. The molecule has 0 N–H and O–H groups in total. The monoisotopic (exact) mass is 374 g/mol. The molecule has 0 aromatic carbocycles. The van der Waals surface area contributed by atoms with E-state index in [4.69, 9.17) is 28.2 Å². The molecule has 5 nitrogen and oxygen atoms in total. The van der Waals surface area contributed by atoms with Crippen LogP contribution in [0.15, 0.2) is 0 Å². The fourth-order valence-corrected chi connectivity index (χ4v) is 3.86. The number of ether oxygens (including phenoxy) is 1. The van der Waals surface area contributed by atoms with Crippen molar-refractivity contribution >= 4 is 16.4 Å². The second-order valence-corrected chi connectivity index (χ2v) is 8.31. The van der Waals surface area contributed by atoms with E-state index in [1.807, 2.05) is 13.8 Å². The molecule has 0 aliphatic heterocycles. The summed E-state index contributed by atoms with van der Waals surface area (Å²) in [6, 6.07) is -0.545. The van der Waals surface area contributed by atoms with Crippen molar-refractivity contribution in [2.75, 3.05) is 19.8 Å². The highest BCUT2D eigenvalue weighted by Gasteiger charge is 2.33. The van der Waals surface area contributed by atoms with Gasteiger partial charge in [0.2, 0.25) is 6.54 Å². The van der Waals surface area contributed by atoms with Crippen LogP contribution in [0.3, 0.4) is 0 Å². The van der Waals surface area contributed by atoms with Crippen molar-refractivity contribution < 1.29 is 18.2 Å². The third-order valence-electron chi connectivity index (χ3n) is 3.75. The Labute approximate surface area is 155 Å². The zero-order chi connectivity index (χ0) is 19.6. The number of alkyl halides is 1. The summed E-state index contributed by atoms with van der Waals surface area (Å²) in [5.41, 5.74) is -0.705. The predicted molar refractivity (Wildman–Crippen MR) is 102 cm³/mol. The maximum Gasteiger partial charge on any atom is 0.259 e. The second kappa shape index (κ2) is 12.2. The van der Waals surface area contributed by atoms with Crippen molar-refractivity contribution in [2.24, 2.45) is 0 Å². The fraction of sp³-hybridized carbons (Fsp3) is 0.941. The summed E-state index contributed by atoms with van der Waals surface area (Å²) >= 11 is 0. The molecule has 0 saturated heterocycles. The van der Waals surface area contributed by atoms with Gasteiger partial charge in [-0.15, -0.1) is 0 Å². The Balaban J connectivity index is 5.05. The van der Waals surface area contributed by atoms with Crippen molar-refractivity contribution in [3.8, 4) is 0 Å². The first-order valence-electron chi connectivity index (χ1n) is 8.82. The van der Waals surface area contributed by atoms with E-state index in [0.29, 0.717) is 13.0 Å². The fourth-order valence-electron chi connectivity index (χ4n) is 2.14. The van der Waals surface area contributed by atoms with Gasteiger partial charge in [0, 0.05) is 18.1 Å².